The molecule has 2 rings (SSSR count). The Labute approximate surface area is 133 Å². The highest BCUT2D eigenvalue weighted by molar-refractivity contribution is 6.04. The summed E-state index contributed by atoms with van der Waals surface area (Å²) >= 11 is 0. The van der Waals surface area contributed by atoms with Gasteiger partial charge in [0.15, 0.2) is 0 Å². The van der Waals surface area contributed by atoms with Crippen LogP contribution in [-0.4, -0.2) is 19.8 Å². The van der Waals surface area contributed by atoms with Gasteiger partial charge in [-0.1, -0.05) is 24.3 Å². The molecule has 0 amide bonds. The van der Waals surface area contributed by atoms with E-state index in [0.29, 0.717) is 17.0 Å². The first kappa shape index (κ1) is 16.9. The molecule has 0 heterocycles. The normalized spacial score (nSPS) is 12.2. The number of hydrogen-bond donors (Lipinski definition) is 1. The van der Waals surface area contributed by atoms with Crippen LogP contribution >= 0.6 is 0 Å². The van der Waals surface area contributed by atoms with Gasteiger partial charge in [0.2, 0.25) is 0 Å². The zero-order valence-corrected chi connectivity index (χ0v) is 13.1. The largest absolute Gasteiger partial charge is 0.416 e. The number of alkyl halides is 3. The molecular formula is C17H18F3N3. The van der Waals surface area contributed by atoms with Crippen molar-refractivity contribution in [3.05, 3.63) is 59.7 Å². The van der Waals surface area contributed by atoms with E-state index in [-0.39, 0.29) is 0 Å². The summed E-state index contributed by atoms with van der Waals surface area (Å²) in [7, 11) is 3.38. The highest BCUT2D eigenvalue weighted by Crippen LogP contribution is 2.32. The van der Waals surface area contributed by atoms with Crippen LogP contribution in [0.15, 0.2) is 53.6 Å². The van der Waals surface area contributed by atoms with Gasteiger partial charge in [0.25, 0.3) is 0 Å². The fourth-order valence-electron chi connectivity index (χ4n) is 2.22. The molecule has 122 valence electrons. The van der Waals surface area contributed by atoms with Crippen molar-refractivity contribution >= 4 is 17.1 Å². The Hall–Kier alpha value is -2.50. The van der Waals surface area contributed by atoms with E-state index in [9.17, 15) is 13.2 Å². The summed E-state index contributed by atoms with van der Waals surface area (Å²) in [4.78, 5) is 0. The van der Waals surface area contributed by atoms with Crippen LogP contribution in [0, 0.1) is 0 Å². The van der Waals surface area contributed by atoms with E-state index in [1.807, 2.05) is 30.3 Å². The maximum atomic E-state index is 12.8. The van der Waals surface area contributed by atoms with E-state index >= 15 is 0 Å². The minimum Gasteiger partial charge on any atom is -0.388 e. The Bertz CT molecular complexity index is 694. The van der Waals surface area contributed by atoms with E-state index in [4.69, 9.17) is 0 Å². The smallest absolute Gasteiger partial charge is 0.388 e. The van der Waals surface area contributed by atoms with Crippen molar-refractivity contribution in [3.63, 3.8) is 0 Å². The molecule has 0 aliphatic heterocycles. The Morgan fingerprint density at radius 1 is 1.09 bits per heavy atom. The van der Waals surface area contributed by atoms with Crippen LogP contribution in [0.3, 0.4) is 0 Å². The fourth-order valence-corrected chi connectivity index (χ4v) is 2.22. The average molecular weight is 321 g/mol. The number of para-hydroxylation sites is 1. The summed E-state index contributed by atoms with van der Waals surface area (Å²) < 4.78 is 38.4. The molecule has 0 saturated carbocycles. The zero-order valence-electron chi connectivity index (χ0n) is 13.1. The molecule has 0 unspecified atom stereocenters. The minimum atomic E-state index is -4.37. The third kappa shape index (κ3) is 4.03. The van der Waals surface area contributed by atoms with Gasteiger partial charge < -0.3 is 5.32 Å². The Morgan fingerprint density at radius 2 is 1.74 bits per heavy atom. The van der Waals surface area contributed by atoms with Gasteiger partial charge >= 0.3 is 6.18 Å². The third-order valence-corrected chi connectivity index (χ3v) is 3.44. The van der Waals surface area contributed by atoms with Gasteiger partial charge in [-0.05, 0) is 31.2 Å². The van der Waals surface area contributed by atoms with Crippen molar-refractivity contribution < 1.29 is 13.2 Å². The number of hydrazone groups is 1. The second-order valence-electron chi connectivity index (χ2n) is 5.05. The molecule has 23 heavy (non-hydrogen) atoms. The second-order valence-corrected chi connectivity index (χ2v) is 5.05. The topological polar surface area (TPSA) is 27.6 Å². The summed E-state index contributed by atoms with van der Waals surface area (Å²) in [5.41, 5.74) is 1.85. The lowest BCUT2D eigenvalue weighted by molar-refractivity contribution is -0.137. The number of nitrogens with one attached hydrogen (secondary N) is 1. The third-order valence-electron chi connectivity index (χ3n) is 3.44. The van der Waals surface area contributed by atoms with Crippen molar-refractivity contribution in [2.45, 2.75) is 13.1 Å². The molecule has 2 aromatic carbocycles. The molecule has 0 aliphatic rings. The quantitative estimate of drug-likeness (QED) is 0.658. The number of nitrogens with zero attached hydrogens (tertiary/aromatic N) is 2. The van der Waals surface area contributed by atoms with Gasteiger partial charge in [-0.25, -0.2) is 0 Å². The van der Waals surface area contributed by atoms with Crippen molar-refractivity contribution in [3.8, 4) is 0 Å². The highest BCUT2D eigenvalue weighted by atomic mass is 19.4. The molecule has 6 heteroatoms. The van der Waals surface area contributed by atoms with Crippen LogP contribution in [0.25, 0.3) is 0 Å². The Morgan fingerprint density at radius 3 is 2.30 bits per heavy atom. The first-order valence-corrected chi connectivity index (χ1v) is 7.06. The molecule has 0 spiro atoms. The lowest BCUT2D eigenvalue weighted by atomic mass is 10.1. The van der Waals surface area contributed by atoms with Crippen molar-refractivity contribution in [2.75, 3.05) is 24.4 Å². The second kappa shape index (κ2) is 6.73. The van der Waals surface area contributed by atoms with Gasteiger partial charge in [0.1, 0.15) is 0 Å². The van der Waals surface area contributed by atoms with Crippen LogP contribution in [0.5, 0.6) is 0 Å². The van der Waals surface area contributed by atoms with Crippen LogP contribution in [0.1, 0.15) is 18.1 Å². The summed E-state index contributed by atoms with van der Waals surface area (Å²) in [6, 6.07) is 13.1. The van der Waals surface area contributed by atoms with Gasteiger partial charge in [-0.3, -0.25) is 5.01 Å². The van der Waals surface area contributed by atoms with Gasteiger partial charge in [-0.15, -0.1) is 0 Å². The summed E-state index contributed by atoms with van der Waals surface area (Å²) in [5.74, 6) is 0. The molecule has 0 bridgehead atoms. The van der Waals surface area contributed by atoms with E-state index in [0.717, 1.165) is 17.8 Å². The Kier molecular flexibility index (Phi) is 4.93. The van der Waals surface area contributed by atoms with E-state index in [1.165, 1.54) is 6.07 Å². The van der Waals surface area contributed by atoms with Crippen molar-refractivity contribution in [1.29, 1.82) is 0 Å². The molecule has 0 atom stereocenters. The molecule has 0 radical (unpaired) electrons. The predicted octanol–water partition coefficient (Wildman–Crippen LogP) is 4.61. The number of rotatable bonds is 4. The molecule has 0 aliphatic carbocycles. The highest BCUT2D eigenvalue weighted by Gasteiger charge is 2.31. The molecular weight excluding hydrogens is 303 g/mol. The van der Waals surface area contributed by atoms with Gasteiger partial charge in [-0.2, -0.15) is 18.3 Å². The van der Waals surface area contributed by atoms with Gasteiger partial charge in [0.05, 0.1) is 17.0 Å². The summed E-state index contributed by atoms with van der Waals surface area (Å²) in [5, 5.41) is 8.94. The predicted molar refractivity (Wildman–Crippen MR) is 88.0 cm³/mol. The molecule has 1 N–H and O–H groups in total. The van der Waals surface area contributed by atoms with Crippen molar-refractivity contribution in [1.82, 2.24) is 0 Å². The maximum absolute atomic E-state index is 12.8. The van der Waals surface area contributed by atoms with Crippen LogP contribution in [0.4, 0.5) is 24.5 Å². The molecule has 3 nitrogen and oxygen atoms in total. The lowest BCUT2D eigenvalue weighted by Gasteiger charge is -2.17. The SMILES string of the molecule is CNc1cc(C(F)(F)F)ccc1/C(C)=N/N(C)c1ccccc1. The van der Waals surface area contributed by atoms with Gasteiger partial charge in [0, 0.05) is 25.3 Å². The van der Waals surface area contributed by atoms with Crippen molar-refractivity contribution in [2.24, 2.45) is 5.10 Å². The van der Waals surface area contributed by atoms with Crippen LogP contribution in [0.2, 0.25) is 0 Å². The average Bonchev–Trinajstić information content (AvgIpc) is 2.54. The number of benzene rings is 2. The van der Waals surface area contributed by atoms with E-state index in [1.54, 1.807) is 26.0 Å². The minimum absolute atomic E-state index is 0.391. The monoisotopic (exact) mass is 321 g/mol. The van der Waals surface area contributed by atoms with Crippen LogP contribution in [-0.2, 0) is 6.18 Å². The molecule has 0 saturated heterocycles. The first-order chi connectivity index (χ1) is 10.8. The number of anilines is 2. The lowest BCUT2D eigenvalue weighted by Crippen LogP contribution is -2.14. The molecule has 2 aromatic rings. The number of halogens is 3. The van der Waals surface area contributed by atoms with E-state index < -0.39 is 11.7 Å². The zero-order chi connectivity index (χ0) is 17.0. The van der Waals surface area contributed by atoms with Crippen LogP contribution < -0.4 is 10.3 Å². The summed E-state index contributed by atoms with van der Waals surface area (Å²) in [6.07, 6.45) is -4.37. The number of hydrogen-bond acceptors (Lipinski definition) is 3. The fraction of sp³-hybridized carbons (Fsp3) is 0.235. The Balaban J connectivity index is 2.35. The molecule has 0 fully saturated rings. The molecule has 0 aromatic heterocycles. The standard InChI is InChI=1S/C17H18F3N3/c1-12(22-23(3)14-7-5-4-6-8-14)15-10-9-13(17(18,19)20)11-16(15)21-2/h4-11,21H,1-3H3/b22-12+. The summed E-state index contributed by atoms with van der Waals surface area (Å²) in [6.45, 7) is 1.77. The maximum Gasteiger partial charge on any atom is 0.416 e. The first-order valence-electron chi connectivity index (χ1n) is 7.06. The van der Waals surface area contributed by atoms with E-state index in [2.05, 4.69) is 10.4 Å².